The second-order valence-corrected chi connectivity index (χ2v) is 7.93. The van der Waals surface area contributed by atoms with E-state index in [-0.39, 0.29) is 27.8 Å². The fourth-order valence-corrected chi connectivity index (χ4v) is 3.26. The van der Waals surface area contributed by atoms with Gasteiger partial charge in [-0.25, -0.2) is 22.3 Å². The van der Waals surface area contributed by atoms with E-state index in [4.69, 9.17) is 16.3 Å². The molecular formula is C18H17ClFNO5S. The molecule has 0 aliphatic carbocycles. The molecule has 0 aliphatic heterocycles. The highest BCUT2D eigenvalue weighted by Crippen LogP contribution is 2.19. The molecule has 144 valence electrons. The monoisotopic (exact) mass is 413 g/mol. The van der Waals surface area contributed by atoms with E-state index in [0.29, 0.717) is 5.56 Å². The maximum Gasteiger partial charge on any atom is 0.338 e. The van der Waals surface area contributed by atoms with Gasteiger partial charge in [0.2, 0.25) is 10.0 Å². The number of nitrogens with one attached hydrogen (secondary N) is 1. The van der Waals surface area contributed by atoms with Crippen molar-refractivity contribution in [2.75, 3.05) is 0 Å². The molecule has 0 heterocycles. The van der Waals surface area contributed by atoms with Gasteiger partial charge in [0, 0.05) is 6.54 Å². The first-order valence-corrected chi connectivity index (χ1v) is 9.71. The molecule has 0 saturated heterocycles. The molecule has 0 bridgehead atoms. The van der Waals surface area contributed by atoms with Crippen molar-refractivity contribution in [2.45, 2.75) is 31.4 Å². The van der Waals surface area contributed by atoms with Crippen LogP contribution in [0.5, 0.6) is 0 Å². The highest BCUT2D eigenvalue weighted by atomic mass is 35.5. The third-order valence-corrected chi connectivity index (χ3v) is 5.40. The van der Waals surface area contributed by atoms with Crippen molar-refractivity contribution in [1.82, 2.24) is 4.72 Å². The zero-order valence-electron chi connectivity index (χ0n) is 14.5. The minimum atomic E-state index is -3.88. The van der Waals surface area contributed by atoms with Gasteiger partial charge in [-0.2, -0.15) is 0 Å². The summed E-state index contributed by atoms with van der Waals surface area (Å²) in [5.41, 5.74) is 0.822. The van der Waals surface area contributed by atoms with Crippen LogP contribution >= 0.6 is 11.6 Å². The van der Waals surface area contributed by atoms with E-state index >= 15 is 0 Å². The summed E-state index contributed by atoms with van der Waals surface area (Å²) in [6.07, 6.45) is -0.841. The van der Waals surface area contributed by atoms with Crippen LogP contribution in [0.1, 0.15) is 29.8 Å². The normalized spacial score (nSPS) is 12.4. The molecule has 2 aromatic carbocycles. The lowest BCUT2D eigenvalue weighted by molar-refractivity contribution is -0.124. The van der Waals surface area contributed by atoms with Crippen LogP contribution in [0.3, 0.4) is 0 Å². The number of Topliss-reactive ketones (excluding diaryl/α,β-unsaturated/α-hetero) is 1. The zero-order valence-corrected chi connectivity index (χ0v) is 16.1. The van der Waals surface area contributed by atoms with Gasteiger partial charge in [-0.3, -0.25) is 4.79 Å². The van der Waals surface area contributed by atoms with Gasteiger partial charge in [0.15, 0.2) is 11.9 Å². The number of halogens is 2. The van der Waals surface area contributed by atoms with Crippen molar-refractivity contribution in [1.29, 1.82) is 0 Å². The van der Waals surface area contributed by atoms with Crippen LogP contribution in [0, 0.1) is 5.82 Å². The maximum atomic E-state index is 13.2. The number of carbonyl (C=O) groups excluding carboxylic acids is 2. The first kappa shape index (κ1) is 21.0. The quantitative estimate of drug-likeness (QED) is 0.704. The summed E-state index contributed by atoms with van der Waals surface area (Å²) >= 11 is 5.61. The maximum absolute atomic E-state index is 13.2. The largest absolute Gasteiger partial charge is 0.451 e. The lowest BCUT2D eigenvalue weighted by Crippen LogP contribution is -2.23. The number of ketones is 1. The smallest absolute Gasteiger partial charge is 0.338 e. The van der Waals surface area contributed by atoms with Gasteiger partial charge in [0.05, 0.1) is 15.5 Å². The predicted molar refractivity (Wildman–Crippen MR) is 97.4 cm³/mol. The molecule has 9 heteroatoms. The van der Waals surface area contributed by atoms with E-state index in [2.05, 4.69) is 4.72 Å². The van der Waals surface area contributed by atoms with Crippen LogP contribution in [0.25, 0.3) is 0 Å². The first-order chi connectivity index (χ1) is 12.6. The number of hydrogen-bond acceptors (Lipinski definition) is 5. The number of benzene rings is 2. The van der Waals surface area contributed by atoms with E-state index in [1.807, 2.05) is 0 Å². The van der Waals surface area contributed by atoms with Crippen molar-refractivity contribution >= 4 is 33.4 Å². The Morgan fingerprint density at radius 3 is 2.37 bits per heavy atom. The summed E-state index contributed by atoms with van der Waals surface area (Å²) in [5, 5.41) is -0.291. The highest BCUT2D eigenvalue weighted by Gasteiger charge is 2.17. The molecule has 0 amide bonds. The summed E-state index contributed by atoms with van der Waals surface area (Å²) in [6.45, 7) is 2.75. The molecule has 1 atom stereocenters. The van der Waals surface area contributed by atoms with Crippen LogP contribution < -0.4 is 4.72 Å². The molecule has 0 radical (unpaired) electrons. The van der Waals surface area contributed by atoms with Crippen LogP contribution in [0.2, 0.25) is 5.02 Å². The number of rotatable bonds is 7. The predicted octanol–water partition coefficient (Wildman–Crippen LogP) is 3.09. The van der Waals surface area contributed by atoms with Crippen molar-refractivity contribution < 1.29 is 27.1 Å². The van der Waals surface area contributed by atoms with Crippen molar-refractivity contribution in [3.8, 4) is 0 Å². The molecule has 2 aromatic rings. The molecule has 0 unspecified atom stereocenters. The van der Waals surface area contributed by atoms with Gasteiger partial charge in [-0.05, 0) is 49.7 Å². The number of carbonyl (C=O) groups is 2. The lowest BCUT2D eigenvalue weighted by atomic mass is 10.1. The molecular weight excluding hydrogens is 397 g/mol. The average molecular weight is 414 g/mol. The Hall–Kier alpha value is -2.29. The van der Waals surface area contributed by atoms with E-state index < -0.39 is 27.9 Å². The van der Waals surface area contributed by atoms with Gasteiger partial charge < -0.3 is 4.74 Å². The summed E-state index contributed by atoms with van der Waals surface area (Å²) in [6, 6.07) is 9.14. The molecule has 0 saturated carbocycles. The average Bonchev–Trinajstić information content (AvgIpc) is 2.62. The van der Waals surface area contributed by atoms with Gasteiger partial charge in [0.1, 0.15) is 5.82 Å². The Morgan fingerprint density at radius 2 is 1.81 bits per heavy atom. The number of sulfonamides is 1. The fraction of sp³-hybridized carbons (Fsp3) is 0.222. The summed E-state index contributed by atoms with van der Waals surface area (Å²) in [7, 11) is -3.88. The van der Waals surface area contributed by atoms with Gasteiger partial charge in [-0.15, -0.1) is 0 Å². The number of hydrogen-bond donors (Lipinski definition) is 1. The molecule has 0 aromatic heterocycles. The Balaban J connectivity index is 2.03. The van der Waals surface area contributed by atoms with Crippen LogP contribution in [-0.2, 0) is 26.1 Å². The molecule has 1 N–H and O–H groups in total. The lowest BCUT2D eigenvalue weighted by Gasteiger charge is -2.11. The Labute approximate surface area is 161 Å². The van der Waals surface area contributed by atoms with E-state index in [9.17, 15) is 22.4 Å². The van der Waals surface area contributed by atoms with E-state index in [1.165, 1.54) is 26.0 Å². The first-order valence-electron chi connectivity index (χ1n) is 7.85. The van der Waals surface area contributed by atoms with Crippen molar-refractivity contribution in [3.63, 3.8) is 0 Å². The number of esters is 1. The van der Waals surface area contributed by atoms with Crippen molar-refractivity contribution in [2.24, 2.45) is 0 Å². The topological polar surface area (TPSA) is 89.5 Å². The standard InChI is InChI=1S/C18H17ClFNO5S/c1-11(22)12(2)26-18(23)14-5-3-13(4-6-14)10-21-27(24,25)15-7-8-17(20)16(19)9-15/h3-9,12,21H,10H2,1-2H3/t12-/m0/s1. The second-order valence-electron chi connectivity index (χ2n) is 5.76. The number of ether oxygens (including phenoxy) is 1. The van der Waals surface area contributed by atoms with Crippen LogP contribution in [-0.4, -0.2) is 26.3 Å². The molecule has 0 spiro atoms. The molecule has 6 nitrogen and oxygen atoms in total. The van der Waals surface area contributed by atoms with Crippen LogP contribution in [0.4, 0.5) is 4.39 Å². The molecule has 0 fully saturated rings. The fourth-order valence-electron chi connectivity index (χ4n) is 1.98. The van der Waals surface area contributed by atoms with Crippen molar-refractivity contribution in [3.05, 3.63) is 64.4 Å². The SMILES string of the molecule is CC(=O)[C@H](C)OC(=O)c1ccc(CNS(=O)(=O)c2ccc(F)c(Cl)c2)cc1. The minimum Gasteiger partial charge on any atom is -0.451 e. The highest BCUT2D eigenvalue weighted by molar-refractivity contribution is 7.89. The summed E-state index contributed by atoms with van der Waals surface area (Å²) in [4.78, 5) is 22.9. The van der Waals surface area contributed by atoms with Crippen LogP contribution in [0.15, 0.2) is 47.4 Å². The Bertz CT molecular complexity index is 960. The second kappa shape index (κ2) is 8.60. The third-order valence-electron chi connectivity index (χ3n) is 3.71. The van der Waals surface area contributed by atoms with Gasteiger partial charge in [0.25, 0.3) is 0 Å². The molecule has 0 aliphatic rings. The third kappa shape index (κ3) is 5.59. The molecule has 2 rings (SSSR count). The van der Waals surface area contributed by atoms with Gasteiger partial charge in [-0.1, -0.05) is 23.7 Å². The van der Waals surface area contributed by atoms with Gasteiger partial charge >= 0.3 is 5.97 Å². The Kier molecular flexibility index (Phi) is 6.69. The van der Waals surface area contributed by atoms with E-state index in [1.54, 1.807) is 12.1 Å². The van der Waals surface area contributed by atoms with E-state index in [0.717, 1.165) is 18.2 Å². The summed E-state index contributed by atoms with van der Waals surface area (Å²) in [5.74, 6) is -1.63. The Morgan fingerprint density at radius 1 is 1.19 bits per heavy atom. The minimum absolute atomic E-state index is 0.0451. The zero-order chi connectivity index (χ0) is 20.2. The molecule has 27 heavy (non-hydrogen) atoms. The summed E-state index contributed by atoms with van der Waals surface area (Å²) < 4.78 is 45.0.